The fourth-order valence-electron chi connectivity index (χ4n) is 1.48. The fraction of sp³-hybridized carbons (Fsp3) is 0.462. The molecule has 0 fully saturated rings. The van der Waals surface area contributed by atoms with Crippen LogP contribution in [-0.2, 0) is 4.79 Å². The predicted octanol–water partition coefficient (Wildman–Crippen LogP) is 2.31. The Hall–Kier alpha value is -1.51. The minimum Gasteiger partial charge on any atom is -0.371 e. The summed E-state index contributed by atoms with van der Waals surface area (Å²) in [7, 11) is 0. The monoisotopic (exact) mass is 220 g/mol. The van der Waals surface area contributed by atoms with Gasteiger partial charge < -0.3 is 11.1 Å². The van der Waals surface area contributed by atoms with Crippen LogP contribution in [0, 0.1) is 12.8 Å². The molecule has 3 heteroatoms. The second-order valence-electron chi connectivity index (χ2n) is 4.66. The van der Waals surface area contributed by atoms with E-state index in [1.165, 1.54) is 0 Å². The molecule has 16 heavy (non-hydrogen) atoms. The van der Waals surface area contributed by atoms with Crippen LogP contribution in [-0.4, -0.2) is 11.4 Å². The molecule has 1 atom stereocenters. The maximum absolute atomic E-state index is 11.5. The van der Waals surface area contributed by atoms with Gasteiger partial charge in [-0.2, -0.15) is 0 Å². The van der Waals surface area contributed by atoms with Crippen LogP contribution in [0.5, 0.6) is 0 Å². The van der Waals surface area contributed by atoms with Crippen LogP contribution in [0.3, 0.4) is 0 Å². The first-order valence-electron chi connectivity index (χ1n) is 5.51. The van der Waals surface area contributed by atoms with Crippen molar-refractivity contribution in [3.63, 3.8) is 0 Å². The molecule has 0 aromatic heterocycles. The summed E-state index contributed by atoms with van der Waals surface area (Å²) in [4.78, 5) is 11.5. The maximum atomic E-state index is 11.5. The van der Waals surface area contributed by atoms with Gasteiger partial charge in [-0.05, 0) is 31.4 Å². The third-order valence-corrected chi connectivity index (χ3v) is 3.21. The van der Waals surface area contributed by atoms with Crippen molar-refractivity contribution in [2.24, 2.45) is 11.7 Å². The summed E-state index contributed by atoms with van der Waals surface area (Å²) < 4.78 is 0. The van der Waals surface area contributed by atoms with Gasteiger partial charge in [-0.25, -0.2) is 0 Å². The first kappa shape index (κ1) is 12.6. The van der Waals surface area contributed by atoms with E-state index in [4.69, 9.17) is 5.73 Å². The summed E-state index contributed by atoms with van der Waals surface area (Å²) >= 11 is 0. The maximum Gasteiger partial charge on any atom is 0.243 e. The summed E-state index contributed by atoms with van der Waals surface area (Å²) in [5.41, 5.74) is 6.82. The van der Waals surface area contributed by atoms with Crippen LogP contribution >= 0.6 is 0 Å². The molecule has 0 bridgehead atoms. The van der Waals surface area contributed by atoms with Crippen molar-refractivity contribution < 1.29 is 4.79 Å². The Morgan fingerprint density at radius 1 is 1.38 bits per heavy atom. The molecule has 0 heterocycles. The third-order valence-electron chi connectivity index (χ3n) is 3.21. The summed E-state index contributed by atoms with van der Waals surface area (Å²) in [6.07, 6.45) is 0. The van der Waals surface area contributed by atoms with Gasteiger partial charge in [0, 0.05) is 5.69 Å². The molecule has 0 aliphatic carbocycles. The van der Waals surface area contributed by atoms with Gasteiger partial charge in [-0.1, -0.05) is 32.0 Å². The van der Waals surface area contributed by atoms with Crippen molar-refractivity contribution >= 4 is 11.6 Å². The van der Waals surface area contributed by atoms with E-state index in [0.717, 1.165) is 11.3 Å². The van der Waals surface area contributed by atoms with Crippen molar-refractivity contribution in [2.75, 3.05) is 5.32 Å². The number of para-hydroxylation sites is 1. The number of nitrogens with two attached hydrogens (primary N) is 1. The molecular formula is C13H20N2O. The van der Waals surface area contributed by atoms with E-state index in [9.17, 15) is 4.79 Å². The zero-order valence-corrected chi connectivity index (χ0v) is 10.4. The highest BCUT2D eigenvalue weighted by Gasteiger charge is 2.34. The average molecular weight is 220 g/mol. The zero-order chi connectivity index (χ0) is 12.3. The van der Waals surface area contributed by atoms with Crippen molar-refractivity contribution in [2.45, 2.75) is 33.2 Å². The Labute approximate surface area is 97.0 Å². The number of amides is 1. The standard InChI is InChI=1S/C13H20N2O/c1-9(2)13(4,12(14)16)15-11-8-6-5-7-10(11)3/h5-9,15H,1-4H3,(H2,14,16). The van der Waals surface area contributed by atoms with E-state index in [2.05, 4.69) is 5.32 Å². The Morgan fingerprint density at radius 3 is 2.38 bits per heavy atom. The van der Waals surface area contributed by atoms with Crippen LogP contribution in [0.15, 0.2) is 24.3 Å². The summed E-state index contributed by atoms with van der Waals surface area (Å²) in [6.45, 7) is 7.81. The Bertz CT molecular complexity index is 387. The predicted molar refractivity (Wildman–Crippen MR) is 67.2 cm³/mol. The first-order valence-corrected chi connectivity index (χ1v) is 5.51. The number of primary amides is 1. The van der Waals surface area contributed by atoms with Gasteiger partial charge in [0.05, 0.1) is 0 Å². The van der Waals surface area contributed by atoms with Gasteiger partial charge in [-0.3, -0.25) is 4.79 Å². The van der Waals surface area contributed by atoms with Crippen LogP contribution in [0.1, 0.15) is 26.3 Å². The van der Waals surface area contributed by atoms with E-state index in [0.29, 0.717) is 0 Å². The molecular weight excluding hydrogens is 200 g/mol. The van der Waals surface area contributed by atoms with E-state index in [1.807, 2.05) is 52.0 Å². The molecule has 1 rings (SSSR count). The number of rotatable bonds is 4. The molecule has 0 spiro atoms. The highest BCUT2D eigenvalue weighted by atomic mass is 16.1. The normalized spacial score (nSPS) is 14.6. The largest absolute Gasteiger partial charge is 0.371 e. The minimum atomic E-state index is -0.716. The van der Waals surface area contributed by atoms with Crippen LogP contribution in [0.4, 0.5) is 5.69 Å². The summed E-state index contributed by atoms with van der Waals surface area (Å²) in [5, 5.41) is 3.25. The highest BCUT2D eigenvalue weighted by molar-refractivity contribution is 5.88. The van der Waals surface area contributed by atoms with Crippen molar-refractivity contribution in [3.05, 3.63) is 29.8 Å². The number of anilines is 1. The lowest BCUT2D eigenvalue weighted by atomic mass is 9.87. The number of hydrogen-bond acceptors (Lipinski definition) is 2. The van der Waals surface area contributed by atoms with Crippen molar-refractivity contribution in [1.82, 2.24) is 0 Å². The fourth-order valence-corrected chi connectivity index (χ4v) is 1.48. The van der Waals surface area contributed by atoms with E-state index in [1.54, 1.807) is 0 Å². The van der Waals surface area contributed by atoms with Gasteiger partial charge in [0.1, 0.15) is 5.54 Å². The van der Waals surface area contributed by atoms with Crippen molar-refractivity contribution in [3.8, 4) is 0 Å². The van der Waals surface area contributed by atoms with Crippen LogP contribution in [0.2, 0.25) is 0 Å². The van der Waals surface area contributed by atoms with Gasteiger partial charge in [-0.15, -0.1) is 0 Å². The summed E-state index contributed by atoms with van der Waals surface area (Å²) in [6, 6.07) is 7.87. The molecule has 3 N–H and O–H groups in total. The van der Waals surface area contributed by atoms with E-state index < -0.39 is 5.54 Å². The Morgan fingerprint density at radius 2 is 1.94 bits per heavy atom. The SMILES string of the molecule is Cc1ccccc1NC(C)(C(N)=O)C(C)C. The molecule has 1 unspecified atom stereocenters. The highest BCUT2D eigenvalue weighted by Crippen LogP contribution is 2.24. The van der Waals surface area contributed by atoms with Crippen LogP contribution < -0.4 is 11.1 Å². The van der Waals surface area contributed by atoms with E-state index in [-0.39, 0.29) is 11.8 Å². The molecule has 0 aliphatic rings. The second kappa shape index (κ2) is 4.56. The van der Waals surface area contributed by atoms with Gasteiger partial charge in [0.25, 0.3) is 0 Å². The van der Waals surface area contributed by atoms with Gasteiger partial charge in [0.2, 0.25) is 5.91 Å². The molecule has 3 nitrogen and oxygen atoms in total. The average Bonchev–Trinajstić information content (AvgIpc) is 2.20. The number of carbonyl (C=O) groups excluding carboxylic acids is 1. The molecule has 88 valence electrons. The molecule has 0 saturated carbocycles. The number of nitrogens with one attached hydrogen (secondary N) is 1. The first-order chi connectivity index (χ1) is 7.38. The lowest BCUT2D eigenvalue weighted by Gasteiger charge is -2.33. The molecule has 1 aromatic carbocycles. The lowest BCUT2D eigenvalue weighted by Crippen LogP contribution is -2.52. The molecule has 0 saturated heterocycles. The molecule has 1 aromatic rings. The Balaban J connectivity index is 3.02. The molecule has 0 radical (unpaired) electrons. The topological polar surface area (TPSA) is 55.1 Å². The van der Waals surface area contributed by atoms with Gasteiger partial charge in [0.15, 0.2) is 0 Å². The second-order valence-corrected chi connectivity index (χ2v) is 4.66. The summed E-state index contributed by atoms with van der Waals surface area (Å²) in [5.74, 6) is -0.199. The van der Waals surface area contributed by atoms with Crippen molar-refractivity contribution in [1.29, 1.82) is 0 Å². The number of carbonyl (C=O) groups is 1. The Kier molecular flexibility index (Phi) is 3.58. The smallest absolute Gasteiger partial charge is 0.243 e. The van der Waals surface area contributed by atoms with E-state index >= 15 is 0 Å². The number of benzene rings is 1. The quantitative estimate of drug-likeness (QED) is 0.818. The zero-order valence-electron chi connectivity index (χ0n) is 10.4. The number of hydrogen-bond donors (Lipinski definition) is 2. The third kappa shape index (κ3) is 2.35. The molecule has 0 aliphatic heterocycles. The lowest BCUT2D eigenvalue weighted by molar-refractivity contribution is -0.123. The molecule has 1 amide bonds. The van der Waals surface area contributed by atoms with Crippen LogP contribution in [0.25, 0.3) is 0 Å². The number of aryl methyl sites for hydroxylation is 1. The minimum absolute atomic E-state index is 0.129. The van der Waals surface area contributed by atoms with Gasteiger partial charge >= 0.3 is 0 Å².